The first-order chi connectivity index (χ1) is 15.7. The lowest BCUT2D eigenvalue weighted by Crippen LogP contribution is -2.55. The number of aliphatic carboxylic acids is 1. The van der Waals surface area contributed by atoms with E-state index in [0.29, 0.717) is 26.1 Å². The zero-order chi connectivity index (χ0) is 23.6. The minimum absolute atomic E-state index is 0.319. The van der Waals surface area contributed by atoms with Gasteiger partial charge in [0.15, 0.2) is 0 Å². The normalized spacial score (nSPS) is 18.3. The minimum Gasteiger partial charge on any atom is -0.480 e. The number of ether oxygens (including phenoxy) is 1. The molecule has 10 nitrogen and oxygen atoms in total. The molecule has 10 heteroatoms. The SMILES string of the molecule is CC(C)(C)OC(=O)C(CCN1CCNCC1C(=O)O)c1c[nH]c2ccc(-n3cnnc3)cc12. The van der Waals surface area contributed by atoms with Gasteiger partial charge in [0, 0.05) is 49.0 Å². The van der Waals surface area contributed by atoms with Gasteiger partial charge in [-0.05, 0) is 51.0 Å². The highest BCUT2D eigenvalue weighted by Crippen LogP contribution is 2.32. The average molecular weight is 455 g/mol. The van der Waals surface area contributed by atoms with Crippen molar-refractivity contribution < 1.29 is 19.4 Å². The number of carbonyl (C=O) groups is 2. The van der Waals surface area contributed by atoms with Gasteiger partial charge in [0.2, 0.25) is 0 Å². The number of hydrogen-bond donors (Lipinski definition) is 3. The van der Waals surface area contributed by atoms with Gasteiger partial charge in [-0.2, -0.15) is 0 Å². The number of nitrogens with one attached hydrogen (secondary N) is 2. The van der Waals surface area contributed by atoms with E-state index >= 15 is 0 Å². The van der Waals surface area contributed by atoms with Crippen molar-refractivity contribution in [3.8, 4) is 5.69 Å². The van der Waals surface area contributed by atoms with Gasteiger partial charge in [0.25, 0.3) is 0 Å². The molecule has 2 aromatic heterocycles. The Kier molecular flexibility index (Phi) is 6.48. The molecule has 1 fully saturated rings. The van der Waals surface area contributed by atoms with Crippen molar-refractivity contribution in [1.82, 2.24) is 30.0 Å². The number of aromatic nitrogens is 4. The van der Waals surface area contributed by atoms with Crippen LogP contribution >= 0.6 is 0 Å². The number of aromatic amines is 1. The smallest absolute Gasteiger partial charge is 0.322 e. The maximum Gasteiger partial charge on any atom is 0.322 e. The number of fused-ring (bicyclic) bond motifs is 1. The maximum absolute atomic E-state index is 13.3. The number of benzene rings is 1. The van der Waals surface area contributed by atoms with Gasteiger partial charge >= 0.3 is 11.9 Å². The predicted octanol–water partition coefficient (Wildman–Crippen LogP) is 1.92. The van der Waals surface area contributed by atoms with Crippen molar-refractivity contribution in [3.05, 3.63) is 42.6 Å². The van der Waals surface area contributed by atoms with Crippen LogP contribution < -0.4 is 5.32 Å². The van der Waals surface area contributed by atoms with Crippen molar-refractivity contribution >= 4 is 22.8 Å². The number of H-pyrrole nitrogens is 1. The molecule has 33 heavy (non-hydrogen) atoms. The van der Waals surface area contributed by atoms with Crippen LogP contribution in [-0.2, 0) is 14.3 Å². The summed E-state index contributed by atoms with van der Waals surface area (Å²) in [5, 5.41) is 21.4. The van der Waals surface area contributed by atoms with Crippen LogP contribution in [0.1, 0.15) is 38.7 Å². The molecule has 1 aromatic carbocycles. The number of carboxylic acids is 1. The van der Waals surface area contributed by atoms with Crippen LogP contribution in [0.15, 0.2) is 37.1 Å². The molecule has 1 aliphatic rings. The second-order valence-corrected chi connectivity index (χ2v) is 9.31. The molecule has 0 saturated carbocycles. The molecule has 3 aromatic rings. The summed E-state index contributed by atoms with van der Waals surface area (Å²) in [4.78, 5) is 30.2. The van der Waals surface area contributed by atoms with Crippen LogP contribution in [0.3, 0.4) is 0 Å². The maximum atomic E-state index is 13.3. The molecule has 0 amide bonds. The van der Waals surface area contributed by atoms with Crippen molar-refractivity contribution in [2.45, 2.75) is 44.8 Å². The molecule has 1 aliphatic heterocycles. The lowest BCUT2D eigenvalue weighted by molar-refractivity contribution is -0.157. The molecular formula is C23H30N6O4. The third-order valence-electron chi connectivity index (χ3n) is 5.83. The Morgan fingerprint density at radius 3 is 2.73 bits per heavy atom. The summed E-state index contributed by atoms with van der Waals surface area (Å²) >= 11 is 0. The van der Waals surface area contributed by atoms with Crippen molar-refractivity contribution in [1.29, 1.82) is 0 Å². The first kappa shape index (κ1) is 22.9. The zero-order valence-corrected chi connectivity index (χ0v) is 19.1. The summed E-state index contributed by atoms with van der Waals surface area (Å²) in [7, 11) is 0. The zero-order valence-electron chi connectivity index (χ0n) is 19.1. The van der Waals surface area contributed by atoms with Crippen molar-refractivity contribution in [2.24, 2.45) is 0 Å². The molecule has 3 heterocycles. The van der Waals surface area contributed by atoms with Crippen LogP contribution in [0, 0.1) is 0 Å². The molecule has 0 bridgehead atoms. The van der Waals surface area contributed by atoms with Crippen molar-refractivity contribution in [2.75, 3.05) is 26.2 Å². The molecule has 0 spiro atoms. The van der Waals surface area contributed by atoms with Crippen LogP contribution in [0.2, 0.25) is 0 Å². The number of carboxylic acid groups (broad SMARTS) is 1. The van der Waals surface area contributed by atoms with Gasteiger partial charge in [0.05, 0.1) is 5.92 Å². The fourth-order valence-electron chi connectivity index (χ4n) is 4.24. The molecule has 0 radical (unpaired) electrons. The summed E-state index contributed by atoms with van der Waals surface area (Å²) in [6.07, 6.45) is 5.54. The lowest BCUT2D eigenvalue weighted by atomic mass is 9.94. The summed E-state index contributed by atoms with van der Waals surface area (Å²) in [6, 6.07) is 5.29. The van der Waals surface area contributed by atoms with Gasteiger partial charge in [-0.15, -0.1) is 10.2 Å². The Morgan fingerprint density at radius 2 is 2.03 bits per heavy atom. The quantitative estimate of drug-likeness (QED) is 0.463. The molecule has 3 N–H and O–H groups in total. The van der Waals surface area contributed by atoms with E-state index in [1.807, 2.05) is 50.1 Å². The van der Waals surface area contributed by atoms with Crippen LogP contribution in [0.25, 0.3) is 16.6 Å². The van der Waals surface area contributed by atoms with Gasteiger partial charge in [0.1, 0.15) is 24.3 Å². The monoisotopic (exact) mass is 454 g/mol. The van der Waals surface area contributed by atoms with Gasteiger partial charge in [-0.1, -0.05) is 0 Å². The van der Waals surface area contributed by atoms with Crippen LogP contribution in [0.4, 0.5) is 0 Å². The Morgan fingerprint density at radius 1 is 1.27 bits per heavy atom. The van der Waals surface area contributed by atoms with E-state index in [4.69, 9.17) is 4.74 Å². The van der Waals surface area contributed by atoms with E-state index in [1.165, 1.54) is 0 Å². The Hall–Kier alpha value is -3.24. The highest BCUT2D eigenvalue weighted by Gasteiger charge is 2.32. The summed E-state index contributed by atoms with van der Waals surface area (Å²) in [6.45, 7) is 7.73. The van der Waals surface area contributed by atoms with E-state index in [-0.39, 0.29) is 5.97 Å². The third-order valence-corrected chi connectivity index (χ3v) is 5.83. The number of hydrogen-bond acceptors (Lipinski definition) is 7. The Balaban J connectivity index is 1.66. The highest BCUT2D eigenvalue weighted by atomic mass is 16.6. The molecule has 1 saturated heterocycles. The van der Waals surface area contributed by atoms with Gasteiger partial charge < -0.3 is 20.1 Å². The number of rotatable bonds is 7. The molecule has 0 aliphatic carbocycles. The van der Waals surface area contributed by atoms with E-state index < -0.39 is 23.5 Å². The number of piperazine rings is 1. The molecule has 176 valence electrons. The Labute approximate surface area is 191 Å². The fraction of sp³-hybridized carbons (Fsp3) is 0.478. The number of nitrogens with zero attached hydrogens (tertiary/aromatic N) is 4. The van der Waals surface area contributed by atoms with E-state index in [1.54, 1.807) is 17.2 Å². The van der Waals surface area contributed by atoms with E-state index in [2.05, 4.69) is 20.5 Å². The molecular weight excluding hydrogens is 424 g/mol. The first-order valence-corrected chi connectivity index (χ1v) is 11.1. The second kappa shape index (κ2) is 9.32. The third kappa shape index (κ3) is 5.23. The molecule has 2 unspecified atom stereocenters. The minimum atomic E-state index is -0.860. The molecule has 2 atom stereocenters. The molecule has 4 rings (SSSR count). The van der Waals surface area contributed by atoms with E-state index in [9.17, 15) is 14.7 Å². The topological polar surface area (TPSA) is 125 Å². The van der Waals surface area contributed by atoms with Crippen LogP contribution in [-0.4, -0.2) is 79.5 Å². The van der Waals surface area contributed by atoms with E-state index in [0.717, 1.165) is 28.7 Å². The summed E-state index contributed by atoms with van der Waals surface area (Å²) in [5.41, 5.74) is 1.98. The largest absolute Gasteiger partial charge is 0.480 e. The summed E-state index contributed by atoms with van der Waals surface area (Å²) < 4.78 is 7.57. The number of esters is 1. The predicted molar refractivity (Wildman–Crippen MR) is 122 cm³/mol. The highest BCUT2D eigenvalue weighted by molar-refractivity contribution is 5.91. The first-order valence-electron chi connectivity index (χ1n) is 11.1. The van der Waals surface area contributed by atoms with Crippen molar-refractivity contribution in [3.63, 3.8) is 0 Å². The fourth-order valence-corrected chi connectivity index (χ4v) is 4.24. The van der Waals surface area contributed by atoms with Gasteiger partial charge in [-0.3, -0.25) is 19.1 Å². The standard InChI is InChI=1S/C23H30N6O4/c1-23(2,3)33-22(32)16(6-8-28-9-7-24-12-20(28)21(30)31)18-11-25-19-5-4-15(10-17(18)19)29-13-26-27-14-29/h4-5,10-11,13-14,16,20,24-25H,6-9,12H2,1-3H3,(H,30,31). The average Bonchev–Trinajstić information content (AvgIpc) is 3.43. The summed E-state index contributed by atoms with van der Waals surface area (Å²) in [5.74, 6) is -1.72. The Bertz CT molecular complexity index is 1120. The van der Waals surface area contributed by atoms with Crippen LogP contribution in [0.5, 0.6) is 0 Å². The lowest BCUT2D eigenvalue weighted by Gasteiger charge is -2.34. The number of carbonyl (C=O) groups excluding carboxylic acids is 1. The second-order valence-electron chi connectivity index (χ2n) is 9.31. The van der Waals surface area contributed by atoms with Gasteiger partial charge in [-0.25, -0.2) is 0 Å².